The van der Waals surface area contributed by atoms with Gasteiger partial charge in [0.1, 0.15) is 5.75 Å². The van der Waals surface area contributed by atoms with Crippen molar-refractivity contribution < 1.29 is 18.0 Å². The van der Waals surface area contributed by atoms with E-state index in [-0.39, 0.29) is 11.5 Å². The third kappa shape index (κ3) is 3.97. The molecular formula is C10H16N2O4S. The zero-order valence-corrected chi connectivity index (χ0v) is 10.5. The van der Waals surface area contributed by atoms with Crippen molar-refractivity contribution in [1.82, 2.24) is 4.72 Å². The van der Waals surface area contributed by atoms with E-state index >= 15 is 0 Å². The highest BCUT2D eigenvalue weighted by molar-refractivity contribution is 7.89. The largest absolute Gasteiger partial charge is 0.497 e. The first kappa shape index (κ1) is 13.9. The van der Waals surface area contributed by atoms with Gasteiger partial charge in [0.05, 0.1) is 18.6 Å². The number of benzene rings is 1. The molecular weight excluding hydrogens is 244 g/mol. The molecule has 0 aromatic heterocycles. The van der Waals surface area contributed by atoms with Crippen LogP contribution in [0.2, 0.25) is 0 Å². The van der Waals surface area contributed by atoms with Gasteiger partial charge in [0.2, 0.25) is 10.0 Å². The van der Waals surface area contributed by atoms with Gasteiger partial charge in [-0.05, 0) is 31.2 Å². The predicted molar refractivity (Wildman–Crippen MR) is 62.9 cm³/mol. The van der Waals surface area contributed by atoms with Gasteiger partial charge in [-0.1, -0.05) is 0 Å². The Balaban J connectivity index is 2.82. The molecule has 0 spiro atoms. The molecule has 1 aromatic rings. The van der Waals surface area contributed by atoms with Crippen LogP contribution in [-0.4, -0.2) is 28.2 Å². The zero-order valence-electron chi connectivity index (χ0n) is 9.71. The first-order chi connectivity index (χ1) is 7.99. The van der Waals surface area contributed by atoms with Crippen LogP contribution in [0.25, 0.3) is 0 Å². The van der Waals surface area contributed by atoms with Crippen molar-refractivity contribution in [2.24, 2.45) is 5.90 Å². The molecule has 0 saturated carbocycles. The maximum atomic E-state index is 11.9. The molecule has 0 aliphatic heterocycles. The number of rotatable bonds is 6. The SMILES string of the molecule is COc1ccc(S(=O)(=O)NC(C)CON)cc1. The fraction of sp³-hybridized carbons (Fsp3) is 0.400. The van der Waals surface area contributed by atoms with E-state index in [1.807, 2.05) is 0 Å². The molecule has 6 nitrogen and oxygen atoms in total. The average molecular weight is 260 g/mol. The van der Waals surface area contributed by atoms with E-state index in [9.17, 15) is 8.42 Å². The maximum Gasteiger partial charge on any atom is 0.240 e. The third-order valence-corrected chi connectivity index (χ3v) is 3.68. The van der Waals surface area contributed by atoms with Crippen LogP contribution in [0, 0.1) is 0 Å². The Bertz CT molecular complexity index is 444. The second-order valence-electron chi connectivity index (χ2n) is 3.53. The van der Waals surface area contributed by atoms with Gasteiger partial charge < -0.3 is 9.57 Å². The minimum atomic E-state index is -3.55. The Morgan fingerprint density at radius 2 is 1.94 bits per heavy atom. The molecule has 1 unspecified atom stereocenters. The summed E-state index contributed by atoms with van der Waals surface area (Å²) in [5.41, 5.74) is 0. The standard InChI is InChI=1S/C10H16N2O4S/c1-8(7-16-11)12-17(13,14)10-5-3-9(15-2)4-6-10/h3-6,8,12H,7,11H2,1-2H3. The highest BCUT2D eigenvalue weighted by Crippen LogP contribution is 2.15. The van der Waals surface area contributed by atoms with Gasteiger partial charge in [0.15, 0.2) is 0 Å². The molecule has 7 heteroatoms. The van der Waals surface area contributed by atoms with Gasteiger partial charge in [-0.15, -0.1) is 0 Å². The molecule has 96 valence electrons. The lowest BCUT2D eigenvalue weighted by atomic mass is 10.3. The molecule has 1 atom stereocenters. The topological polar surface area (TPSA) is 90.7 Å². The number of sulfonamides is 1. The average Bonchev–Trinajstić information content (AvgIpc) is 2.28. The Kier molecular flexibility index (Phi) is 4.88. The van der Waals surface area contributed by atoms with Crippen LogP contribution in [0.5, 0.6) is 5.75 Å². The lowest BCUT2D eigenvalue weighted by Crippen LogP contribution is -2.36. The van der Waals surface area contributed by atoms with Crippen LogP contribution in [0.1, 0.15) is 6.92 Å². The fourth-order valence-corrected chi connectivity index (χ4v) is 2.49. The molecule has 0 fully saturated rings. The van der Waals surface area contributed by atoms with Crippen LogP contribution in [0.4, 0.5) is 0 Å². The number of methoxy groups -OCH3 is 1. The molecule has 17 heavy (non-hydrogen) atoms. The minimum absolute atomic E-state index is 0.107. The summed E-state index contributed by atoms with van der Waals surface area (Å²) in [5.74, 6) is 5.47. The second-order valence-corrected chi connectivity index (χ2v) is 5.25. The molecule has 0 aliphatic rings. The Morgan fingerprint density at radius 1 is 1.35 bits per heavy atom. The number of hydrogen-bond donors (Lipinski definition) is 2. The van der Waals surface area contributed by atoms with E-state index < -0.39 is 16.1 Å². The number of nitrogens with one attached hydrogen (secondary N) is 1. The van der Waals surface area contributed by atoms with E-state index in [2.05, 4.69) is 9.56 Å². The molecule has 0 amide bonds. The minimum Gasteiger partial charge on any atom is -0.497 e. The summed E-state index contributed by atoms with van der Waals surface area (Å²) in [6, 6.07) is 5.71. The van der Waals surface area contributed by atoms with Crippen LogP contribution >= 0.6 is 0 Å². The molecule has 1 rings (SSSR count). The van der Waals surface area contributed by atoms with Gasteiger partial charge in [0.25, 0.3) is 0 Å². The van der Waals surface area contributed by atoms with Crippen molar-refractivity contribution in [3.63, 3.8) is 0 Å². The lowest BCUT2D eigenvalue weighted by Gasteiger charge is -2.12. The van der Waals surface area contributed by atoms with Gasteiger partial charge in [-0.2, -0.15) is 0 Å². The van der Waals surface area contributed by atoms with E-state index in [0.29, 0.717) is 5.75 Å². The Morgan fingerprint density at radius 3 is 2.41 bits per heavy atom. The lowest BCUT2D eigenvalue weighted by molar-refractivity contribution is 0.124. The van der Waals surface area contributed by atoms with Crippen molar-refractivity contribution in [1.29, 1.82) is 0 Å². The molecule has 0 heterocycles. The summed E-state index contributed by atoms with van der Waals surface area (Å²) in [4.78, 5) is 4.54. The molecule has 3 N–H and O–H groups in total. The zero-order chi connectivity index (χ0) is 12.9. The predicted octanol–water partition coefficient (Wildman–Crippen LogP) is 0.252. The number of nitrogens with two attached hydrogens (primary N) is 1. The highest BCUT2D eigenvalue weighted by Gasteiger charge is 2.17. The van der Waals surface area contributed by atoms with Gasteiger partial charge in [0, 0.05) is 6.04 Å². The van der Waals surface area contributed by atoms with Crippen molar-refractivity contribution in [2.45, 2.75) is 17.9 Å². The normalized spacial score (nSPS) is 13.4. The van der Waals surface area contributed by atoms with Crippen molar-refractivity contribution in [2.75, 3.05) is 13.7 Å². The molecule has 0 aliphatic carbocycles. The number of hydrogen-bond acceptors (Lipinski definition) is 5. The summed E-state index contributed by atoms with van der Waals surface area (Å²) >= 11 is 0. The Labute approximate surface area is 101 Å². The van der Waals surface area contributed by atoms with E-state index in [4.69, 9.17) is 10.6 Å². The monoisotopic (exact) mass is 260 g/mol. The highest BCUT2D eigenvalue weighted by atomic mass is 32.2. The first-order valence-corrected chi connectivity index (χ1v) is 6.46. The summed E-state index contributed by atoms with van der Waals surface area (Å²) in [6.07, 6.45) is 0. The molecule has 0 bridgehead atoms. The van der Waals surface area contributed by atoms with Crippen LogP contribution < -0.4 is 15.4 Å². The molecule has 0 saturated heterocycles. The summed E-state index contributed by atoms with van der Waals surface area (Å²) < 4.78 is 31.1. The third-order valence-electron chi connectivity index (χ3n) is 2.07. The van der Waals surface area contributed by atoms with Crippen molar-refractivity contribution in [3.8, 4) is 5.75 Å². The fourth-order valence-electron chi connectivity index (χ4n) is 1.27. The van der Waals surface area contributed by atoms with E-state index in [1.54, 1.807) is 19.1 Å². The van der Waals surface area contributed by atoms with Crippen molar-refractivity contribution >= 4 is 10.0 Å². The van der Waals surface area contributed by atoms with Crippen LogP contribution in [-0.2, 0) is 14.9 Å². The smallest absolute Gasteiger partial charge is 0.240 e. The summed E-state index contributed by atoms with van der Waals surface area (Å²) in [7, 11) is -2.03. The van der Waals surface area contributed by atoms with Gasteiger partial charge in [-0.25, -0.2) is 19.0 Å². The summed E-state index contributed by atoms with van der Waals surface area (Å²) in [6.45, 7) is 1.77. The quantitative estimate of drug-likeness (QED) is 0.716. The summed E-state index contributed by atoms with van der Waals surface area (Å²) in [5, 5.41) is 0. The number of ether oxygens (including phenoxy) is 1. The van der Waals surface area contributed by atoms with Crippen LogP contribution in [0.15, 0.2) is 29.2 Å². The van der Waals surface area contributed by atoms with Gasteiger partial charge in [-0.3, -0.25) is 0 Å². The van der Waals surface area contributed by atoms with E-state index in [1.165, 1.54) is 19.2 Å². The van der Waals surface area contributed by atoms with Crippen molar-refractivity contribution in [3.05, 3.63) is 24.3 Å². The van der Waals surface area contributed by atoms with Crippen LogP contribution in [0.3, 0.4) is 0 Å². The Hall–Kier alpha value is -1.15. The second kappa shape index (κ2) is 5.97. The maximum absolute atomic E-state index is 11.9. The molecule has 1 aromatic carbocycles. The van der Waals surface area contributed by atoms with E-state index in [0.717, 1.165) is 0 Å². The first-order valence-electron chi connectivity index (χ1n) is 4.97. The molecule has 0 radical (unpaired) electrons. The van der Waals surface area contributed by atoms with Gasteiger partial charge >= 0.3 is 0 Å².